The fourth-order valence-corrected chi connectivity index (χ4v) is 2.45. The Kier molecular flexibility index (Phi) is 4.39. The highest BCUT2D eigenvalue weighted by atomic mass is 16.6. The van der Waals surface area contributed by atoms with Crippen LogP contribution in [0.15, 0.2) is 55.1 Å². The molecule has 124 valence electrons. The van der Waals surface area contributed by atoms with Gasteiger partial charge in [0.05, 0.1) is 22.2 Å². The van der Waals surface area contributed by atoms with E-state index in [2.05, 4.69) is 15.4 Å². The Bertz CT molecular complexity index is 929. The van der Waals surface area contributed by atoms with Crippen molar-refractivity contribution in [1.29, 1.82) is 5.26 Å². The third-order valence-corrected chi connectivity index (χ3v) is 3.77. The summed E-state index contributed by atoms with van der Waals surface area (Å²) in [6.45, 7) is 1.90. The average Bonchev–Trinajstić information content (AvgIpc) is 3.16. The van der Waals surface area contributed by atoms with Crippen molar-refractivity contribution in [2.75, 3.05) is 5.32 Å². The predicted molar refractivity (Wildman–Crippen MR) is 91.2 cm³/mol. The molecule has 0 saturated heterocycles. The molecule has 0 radical (unpaired) electrons. The number of nitrogens with one attached hydrogen (secondary N) is 1. The summed E-state index contributed by atoms with van der Waals surface area (Å²) in [7, 11) is 0. The number of nitrogens with zero attached hydrogens (tertiary/aromatic N) is 5. The van der Waals surface area contributed by atoms with Crippen molar-refractivity contribution in [3.05, 3.63) is 76.4 Å². The molecule has 0 amide bonds. The average molecular weight is 334 g/mol. The van der Waals surface area contributed by atoms with Crippen LogP contribution in [-0.2, 0) is 0 Å². The minimum absolute atomic E-state index is 0.0647. The Morgan fingerprint density at radius 3 is 2.64 bits per heavy atom. The minimum Gasteiger partial charge on any atom is -0.373 e. The number of benzene rings is 2. The molecule has 0 spiro atoms. The van der Waals surface area contributed by atoms with E-state index in [1.807, 2.05) is 37.3 Å². The summed E-state index contributed by atoms with van der Waals surface area (Å²) in [4.78, 5) is 14.6. The summed E-state index contributed by atoms with van der Waals surface area (Å²) in [6.07, 6.45) is 3.06. The number of nitriles is 1. The van der Waals surface area contributed by atoms with Crippen LogP contribution in [0.2, 0.25) is 0 Å². The lowest BCUT2D eigenvalue weighted by atomic mass is 10.1. The lowest BCUT2D eigenvalue weighted by Crippen LogP contribution is -2.09. The van der Waals surface area contributed by atoms with Crippen LogP contribution >= 0.6 is 0 Å². The van der Waals surface area contributed by atoms with Gasteiger partial charge in [0.15, 0.2) is 0 Å². The molecular formula is C17H14N6O2. The second-order valence-electron chi connectivity index (χ2n) is 5.40. The van der Waals surface area contributed by atoms with Crippen molar-refractivity contribution in [2.45, 2.75) is 13.0 Å². The second kappa shape index (κ2) is 6.80. The Labute approximate surface area is 143 Å². The van der Waals surface area contributed by atoms with Gasteiger partial charge in [0.25, 0.3) is 5.69 Å². The first-order valence-corrected chi connectivity index (χ1v) is 7.48. The Morgan fingerprint density at radius 1 is 1.28 bits per heavy atom. The van der Waals surface area contributed by atoms with Crippen LogP contribution in [0, 0.1) is 21.4 Å². The molecule has 3 rings (SSSR count). The van der Waals surface area contributed by atoms with Gasteiger partial charge in [-0.15, -0.1) is 0 Å². The normalized spacial score (nSPS) is 11.5. The molecule has 1 aromatic heterocycles. The number of anilines is 1. The van der Waals surface area contributed by atoms with E-state index in [9.17, 15) is 10.1 Å². The van der Waals surface area contributed by atoms with E-state index in [-0.39, 0.29) is 11.7 Å². The number of hydrogen-bond donors (Lipinski definition) is 1. The van der Waals surface area contributed by atoms with Crippen molar-refractivity contribution >= 4 is 11.4 Å². The molecule has 1 unspecified atom stereocenters. The van der Waals surface area contributed by atoms with Crippen LogP contribution < -0.4 is 5.32 Å². The first-order valence-electron chi connectivity index (χ1n) is 7.48. The van der Waals surface area contributed by atoms with Gasteiger partial charge >= 0.3 is 0 Å². The van der Waals surface area contributed by atoms with Gasteiger partial charge < -0.3 is 5.32 Å². The SMILES string of the molecule is CC(Nc1cc(C#N)ccc1[N+](=O)[O-])c1ccc(-n2cncn2)cc1. The molecule has 8 nitrogen and oxygen atoms in total. The van der Waals surface area contributed by atoms with E-state index >= 15 is 0 Å². The first kappa shape index (κ1) is 16.1. The maximum atomic E-state index is 11.2. The van der Waals surface area contributed by atoms with E-state index in [0.717, 1.165) is 11.3 Å². The van der Waals surface area contributed by atoms with Crippen molar-refractivity contribution < 1.29 is 4.92 Å². The molecule has 1 atom stereocenters. The zero-order chi connectivity index (χ0) is 17.8. The van der Waals surface area contributed by atoms with Crippen LogP contribution in [0.4, 0.5) is 11.4 Å². The highest BCUT2D eigenvalue weighted by Gasteiger charge is 2.17. The van der Waals surface area contributed by atoms with Crippen molar-refractivity contribution in [2.24, 2.45) is 0 Å². The molecular weight excluding hydrogens is 320 g/mol. The largest absolute Gasteiger partial charge is 0.373 e. The minimum atomic E-state index is -0.468. The zero-order valence-electron chi connectivity index (χ0n) is 13.3. The van der Waals surface area contributed by atoms with Crippen molar-refractivity contribution in [3.8, 4) is 11.8 Å². The summed E-state index contributed by atoms with van der Waals surface area (Å²) in [6, 6.07) is 13.7. The molecule has 0 aliphatic heterocycles. The molecule has 0 fully saturated rings. The third-order valence-electron chi connectivity index (χ3n) is 3.77. The molecule has 25 heavy (non-hydrogen) atoms. The summed E-state index contributed by atoms with van der Waals surface area (Å²) < 4.78 is 1.64. The van der Waals surface area contributed by atoms with Crippen LogP contribution in [0.25, 0.3) is 5.69 Å². The maximum Gasteiger partial charge on any atom is 0.292 e. The molecule has 1 N–H and O–H groups in total. The van der Waals surface area contributed by atoms with Crippen molar-refractivity contribution in [1.82, 2.24) is 14.8 Å². The van der Waals surface area contributed by atoms with Gasteiger partial charge in [0.1, 0.15) is 18.3 Å². The molecule has 3 aromatic rings. The molecule has 0 saturated carbocycles. The quantitative estimate of drug-likeness (QED) is 0.566. The fourth-order valence-electron chi connectivity index (χ4n) is 2.45. The number of rotatable bonds is 5. The lowest BCUT2D eigenvalue weighted by molar-refractivity contribution is -0.384. The molecule has 0 aliphatic rings. The molecule has 0 bridgehead atoms. The second-order valence-corrected chi connectivity index (χ2v) is 5.40. The van der Waals surface area contributed by atoms with Gasteiger partial charge in [-0.3, -0.25) is 10.1 Å². The number of nitro groups is 1. The lowest BCUT2D eigenvalue weighted by Gasteiger charge is -2.16. The van der Waals surface area contributed by atoms with Crippen molar-refractivity contribution in [3.63, 3.8) is 0 Å². The summed E-state index contributed by atoms with van der Waals surface area (Å²) in [5, 5.41) is 27.4. The van der Waals surface area contributed by atoms with Gasteiger partial charge in [-0.25, -0.2) is 9.67 Å². The predicted octanol–water partition coefficient (Wildman–Crippen LogP) is 3.22. The highest BCUT2D eigenvalue weighted by molar-refractivity contribution is 5.65. The van der Waals surface area contributed by atoms with Crippen LogP contribution in [0.1, 0.15) is 24.1 Å². The fraction of sp³-hybridized carbons (Fsp3) is 0.118. The third kappa shape index (κ3) is 3.45. The zero-order valence-corrected chi connectivity index (χ0v) is 13.3. The molecule has 0 aliphatic carbocycles. The summed E-state index contributed by atoms with van der Waals surface area (Å²) >= 11 is 0. The Hall–Kier alpha value is -3.73. The van der Waals surface area contributed by atoms with E-state index in [1.54, 1.807) is 11.0 Å². The molecule has 2 aromatic carbocycles. The van der Waals surface area contributed by atoms with Gasteiger partial charge in [0.2, 0.25) is 0 Å². The topological polar surface area (TPSA) is 110 Å². The smallest absolute Gasteiger partial charge is 0.292 e. The Morgan fingerprint density at radius 2 is 2.04 bits per heavy atom. The van der Waals surface area contributed by atoms with Crippen LogP contribution in [0.5, 0.6) is 0 Å². The van der Waals surface area contributed by atoms with Gasteiger partial charge in [-0.2, -0.15) is 10.4 Å². The number of nitro benzene ring substituents is 1. The first-order chi connectivity index (χ1) is 12.1. The summed E-state index contributed by atoms with van der Waals surface area (Å²) in [5.74, 6) is 0. The summed E-state index contributed by atoms with van der Waals surface area (Å²) in [5.41, 5.74) is 2.43. The van der Waals surface area contributed by atoms with Crippen LogP contribution in [-0.4, -0.2) is 19.7 Å². The van der Waals surface area contributed by atoms with Gasteiger partial charge in [0, 0.05) is 12.1 Å². The molecule has 1 heterocycles. The number of aromatic nitrogens is 3. The van der Waals surface area contributed by atoms with E-state index in [1.165, 1.54) is 24.5 Å². The maximum absolute atomic E-state index is 11.2. The van der Waals surface area contributed by atoms with Crippen LogP contribution in [0.3, 0.4) is 0 Å². The van der Waals surface area contributed by atoms with Gasteiger partial charge in [-0.1, -0.05) is 12.1 Å². The standard InChI is InChI=1S/C17H14N6O2/c1-12(14-3-5-15(6-4-14)22-11-19-10-20-22)21-16-8-13(9-18)2-7-17(16)23(24)25/h2-8,10-12,21H,1H3. The van der Waals surface area contributed by atoms with Gasteiger partial charge in [-0.05, 0) is 36.8 Å². The highest BCUT2D eigenvalue weighted by Crippen LogP contribution is 2.29. The Balaban J connectivity index is 1.84. The number of hydrogen-bond acceptors (Lipinski definition) is 6. The van der Waals surface area contributed by atoms with E-state index < -0.39 is 4.92 Å². The van der Waals surface area contributed by atoms with E-state index in [0.29, 0.717) is 11.3 Å². The monoisotopic (exact) mass is 334 g/mol. The molecule has 8 heteroatoms. The van der Waals surface area contributed by atoms with E-state index in [4.69, 9.17) is 5.26 Å².